The predicted octanol–water partition coefficient (Wildman–Crippen LogP) is 10.7. The maximum absolute atomic E-state index is 12.9. The molecule has 1 fully saturated rings. The Morgan fingerprint density at radius 1 is 0.569 bits per heavy atom. The molecule has 1 aliphatic heterocycles. The van der Waals surface area contributed by atoms with E-state index in [0.29, 0.717) is 6.42 Å². The van der Waals surface area contributed by atoms with Gasteiger partial charge in [0.25, 0.3) is 0 Å². The van der Waals surface area contributed by atoms with Gasteiger partial charge in [0, 0.05) is 6.42 Å². The first-order valence-corrected chi connectivity index (χ1v) is 24.6. The Morgan fingerprint density at radius 3 is 1.41 bits per heavy atom. The fraction of sp³-hybridized carbons (Fsp3) is 0.898. The first-order valence-electron chi connectivity index (χ1n) is 24.6. The highest BCUT2D eigenvalue weighted by molar-refractivity contribution is 5.76. The van der Waals surface area contributed by atoms with Gasteiger partial charge in [-0.25, -0.2) is 0 Å². The van der Waals surface area contributed by atoms with Crippen molar-refractivity contribution in [3.63, 3.8) is 0 Å². The fourth-order valence-corrected chi connectivity index (χ4v) is 7.80. The monoisotopic (exact) mass is 824 g/mol. The summed E-state index contributed by atoms with van der Waals surface area (Å²) in [6.07, 6.45) is 40.8. The molecule has 1 rings (SSSR count). The average molecular weight is 824 g/mol. The molecule has 0 aliphatic carbocycles. The Kier molecular flexibility index (Phi) is 37.5. The van der Waals surface area contributed by atoms with E-state index in [1.807, 2.05) is 6.08 Å². The van der Waals surface area contributed by atoms with E-state index in [-0.39, 0.29) is 12.5 Å². The highest BCUT2D eigenvalue weighted by Gasteiger charge is 2.44. The normalized spacial score (nSPS) is 21.0. The minimum Gasteiger partial charge on any atom is -0.394 e. The van der Waals surface area contributed by atoms with Crippen molar-refractivity contribution in [2.45, 2.75) is 269 Å². The number of aliphatic hydroxyl groups is 5. The molecule has 342 valence electrons. The summed E-state index contributed by atoms with van der Waals surface area (Å²) in [7, 11) is 0. The zero-order chi connectivity index (χ0) is 42.3. The van der Waals surface area contributed by atoms with Crippen LogP contribution in [0.1, 0.15) is 226 Å². The van der Waals surface area contributed by atoms with E-state index in [4.69, 9.17) is 9.47 Å². The molecule has 58 heavy (non-hydrogen) atoms. The molecule has 0 aromatic rings. The largest absolute Gasteiger partial charge is 0.394 e. The van der Waals surface area contributed by atoms with Crippen molar-refractivity contribution in [2.24, 2.45) is 0 Å². The first kappa shape index (κ1) is 54.7. The molecule has 7 atom stereocenters. The van der Waals surface area contributed by atoms with Gasteiger partial charge in [0.05, 0.1) is 25.4 Å². The SMILES string of the molecule is CCCCCC/C=C\CCCCCCCC(=O)NC(COC1OC(CO)C(O)C(O)C1O)C(O)/C=C/CCCCCCCCCCCCCCCCCCCCCC. The number of hydrogen-bond acceptors (Lipinski definition) is 8. The molecule has 0 aromatic carbocycles. The van der Waals surface area contributed by atoms with Crippen LogP contribution in [-0.4, -0.2) is 87.5 Å². The zero-order valence-electron chi connectivity index (χ0n) is 37.6. The van der Waals surface area contributed by atoms with Crippen LogP contribution in [0.25, 0.3) is 0 Å². The summed E-state index contributed by atoms with van der Waals surface area (Å²) in [5, 5.41) is 54.2. The second-order valence-electron chi connectivity index (χ2n) is 17.3. The maximum Gasteiger partial charge on any atom is 0.220 e. The Labute approximate surface area is 356 Å². The van der Waals surface area contributed by atoms with Crippen LogP contribution in [0.15, 0.2) is 24.3 Å². The topological polar surface area (TPSA) is 149 Å². The summed E-state index contributed by atoms with van der Waals surface area (Å²) in [4.78, 5) is 12.9. The second-order valence-corrected chi connectivity index (χ2v) is 17.3. The molecule has 9 heteroatoms. The van der Waals surface area contributed by atoms with Crippen LogP contribution in [0.3, 0.4) is 0 Å². The number of amides is 1. The minimum absolute atomic E-state index is 0.185. The third-order valence-electron chi connectivity index (χ3n) is 11.8. The number of carbonyl (C=O) groups excluding carboxylic acids is 1. The molecular weight excluding hydrogens is 731 g/mol. The Bertz CT molecular complexity index is 961. The molecule has 7 unspecified atom stereocenters. The number of aliphatic hydroxyl groups excluding tert-OH is 5. The Hall–Kier alpha value is -1.33. The van der Waals surface area contributed by atoms with Crippen LogP contribution < -0.4 is 5.32 Å². The van der Waals surface area contributed by atoms with Gasteiger partial charge in [-0.2, -0.15) is 0 Å². The molecule has 0 bridgehead atoms. The number of unbranched alkanes of at least 4 members (excludes halogenated alkanes) is 29. The number of allylic oxidation sites excluding steroid dienone is 3. The van der Waals surface area contributed by atoms with Crippen LogP contribution in [0.5, 0.6) is 0 Å². The summed E-state index contributed by atoms with van der Waals surface area (Å²) >= 11 is 0. The lowest BCUT2D eigenvalue weighted by Crippen LogP contribution is -2.60. The van der Waals surface area contributed by atoms with E-state index in [9.17, 15) is 30.3 Å². The van der Waals surface area contributed by atoms with Crippen LogP contribution in [0.4, 0.5) is 0 Å². The van der Waals surface area contributed by atoms with Crippen molar-refractivity contribution in [3.05, 3.63) is 24.3 Å². The van der Waals surface area contributed by atoms with Crippen molar-refractivity contribution < 1.29 is 39.8 Å². The number of rotatable bonds is 41. The zero-order valence-corrected chi connectivity index (χ0v) is 37.6. The maximum atomic E-state index is 12.9. The molecule has 1 heterocycles. The summed E-state index contributed by atoms with van der Waals surface area (Å²) in [6.45, 7) is 3.76. The van der Waals surface area contributed by atoms with E-state index < -0.39 is 49.5 Å². The lowest BCUT2D eigenvalue weighted by molar-refractivity contribution is -0.302. The summed E-state index contributed by atoms with van der Waals surface area (Å²) in [6, 6.07) is -0.806. The van der Waals surface area contributed by atoms with Gasteiger partial charge in [-0.15, -0.1) is 0 Å². The smallest absolute Gasteiger partial charge is 0.220 e. The summed E-state index contributed by atoms with van der Waals surface area (Å²) < 4.78 is 11.2. The first-order chi connectivity index (χ1) is 28.3. The molecule has 0 radical (unpaired) electrons. The van der Waals surface area contributed by atoms with Gasteiger partial charge >= 0.3 is 0 Å². The lowest BCUT2D eigenvalue weighted by Gasteiger charge is -2.40. The highest BCUT2D eigenvalue weighted by atomic mass is 16.7. The van der Waals surface area contributed by atoms with Crippen LogP contribution in [0.2, 0.25) is 0 Å². The van der Waals surface area contributed by atoms with E-state index in [0.717, 1.165) is 57.8 Å². The van der Waals surface area contributed by atoms with Crippen molar-refractivity contribution in [3.8, 4) is 0 Å². The Morgan fingerprint density at radius 2 is 0.966 bits per heavy atom. The van der Waals surface area contributed by atoms with Gasteiger partial charge in [-0.05, 0) is 44.9 Å². The number of carbonyl (C=O) groups is 1. The third-order valence-corrected chi connectivity index (χ3v) is 11.8. The lowest BCUT2D eigenvalue weighted by atomic mass is 9.99. The van der Waals surface area contributed by atoms with Gasteiger partial charge in [-0.1, -0.05) is 199 Å². The molecule has 0 saturated carbocycles. The molecule has 0 aromatic heterocycles. The third kappa shape index (κ3) is 29.8. The van der Waals surface area contributed by atoms with Crippen molar-refractivity contribution >= 4 is 5.91 Å². The number of hydrogen-bond donors (Lipinski definition) is 6. The van der Waals surface area contributed by atoms with Gasteiger partial charge in [-0.3, -0.25) is 4.79 Å². The van der Waals surface area contributed by atoms with Gasteiger partial charge in [0.1, 0.15) is 24.4 Å². The average Bonchev–Trinajstić information content (AvgIpc) is 3.22. The van der Waals surface area contributed by atoms with Gasteiger partial charge in [0.2, 0.25) is 5.91 Å². The molecule has 6 N–H and O–H groups in total. The molecule has 1 aliphatic rings. The van der Waals surface area contributed by atoms with E-state index in [1.54, 1.807) is 6.08 Å². The van der Waals surface area contributed by atoms with Crippen LogP contribution >= 0.6 is 0 Å². The number of nitrogens with one attached hydrogen (secondary N) is 1. The molecule has 1 amide bonds. The fourth-order valence-electron chi connectivity index (χ4n) is 7.80. The van der Waals surface area contributed by atoms with E-state index >= 15 is 0 Å². The molecule has 0 spiro atoms. The quantitative estimate of drug-likeness (QED) is 0.0264. The Balaban J connectivity index is 2.30. The molecule has 9 nitrogen and oxygen atoms in total. The van der Waals surface area contributed by atoms with E-state index in [2.05, 4.69) is 31.3 Å². The minimum atomic E-state index is -1.57. The second kappa shape index (κ2) is 39.8. The standard InChI is InChI=1S/C49H93NO8/c1-3-5-7-9-11-13-15-17-18-19-20-21-22-23-24-25-27-28-30-32-34-36-38-43(52)42(41-57-49-48(56)47(55)46(54)44(40-51)58-49)50-45(53)39-37-35-33-31-29-26-16-14-12-10-8-6-4-2/h14,16,36,38,42-44,46-49,51-52,54-56H,3-13,15,17-35,37,39-41H2,1-2H3,(H,50,53)/b16-14-,38-36+. The molecule has 1 saturated heterocycles. The summed E-state index contributed by atoms with van der Waals surface area (Å²) in [5.41, 5.74) is 0. The van der Waals surface area contributed by atoms with Crippen LogP contribution in [-0.2, 0) is 14.3 Å². The molecular formula is C49H93NO8. The summed E-state index contributed by atoms with van der Waals surface area (Å²) in [5.74, 6) is -0.185. The van der Waals surface area contributed by atoms with Crippen molar-refractivity contribution in [2.75, 3.05) is 13.2 Å². The van der Waals surface area contributed by atoms with Gasteiger partial charge < -0.3 is 40.3 Å². The van der Waals surface area contributed by atoms with Crippen LogP contribution in [0, 0.1) is 0 Å². The van der Waals surface area contributed by atoms with Gasteiger partial charge in [0.15, 0.2) is 6.29 Å². The van der Waals surface area contributed by atoms with Crippen molar-refractivity contribution in [1.29, 1.82) is 0 Å². The van der Waals surface area contributed by atoms with E-state index in [1.165, 1.54) is 148 Å². The predicted molar refractivity (Wildman–Crippen MR) is 240 cm³/mol. The highest BCUT2D eigenvalue weighted by Crippen LogP contribution is 2.23. The van der Waals surface area contributed by atoms with Crippen molar-refractivity contribution in [1.82, 2.24) is 5.32 Å². The number of ether oxygens (including phenoxy) is 2.